The first-order chi connectivity index (χ1) is 16.9. The van der Waals surface area contributed by atoms with Crippen molar-refractivity contribution in [2.45, 2.75) is 83.4 Å². The van der Waals surface area contributed by atoms with Crippen LogP contribution in [0.1, 0.15) is 68.9 Å². The van der Waals surface area contributed by atoms with Crippen molar-refractivity contribution in [3.8, 4) is 0 Å². The van der Waals surface area contributed by atoms with Gasteiger partial charge < -0.3 is 9.64 Å². The Morgan fingerprint density at radius 2 is 1.69 bits per heavy atom. The van der Waals surface area contributed by atoms with E-state index in [1.165, 1.54) is 28.6 Å². The van der Waals surface area contributed by atoms with Gasteiger partial charge >= 0.3 is 5.97 Å². The van der Waals surface area contributed by atoms with E-state index in [-0.39, 0.29) is 36.4 Å². The average Bonchev–Trinajstić information content (AvgIpc) is 3.28. The Kier molecular flexibility index (Phi) is 7.30. The number of carbonyl (C=O) groups is 3. The van der Waals surface area contributed by atoms with E-state index in [0.717, 1.165) is 56.9 Å². The number of hydrogen-bond acceptors (Lipinski definition) is 6. The van der Waals surface area contributed by atoms with Crippen molar-refractivity contribution in [3.05, 3.63) is 45.9 Å². The molecule has 2 atom stereocenters. The van der Waals surface area contributed by atoms with Gasteiger partial charge in [0.15, 0.2) is 0 Å². The zero-order valence-electron chi connectivity index (χ0n) is 20.2. The SMILES string of the molecule is Cc1ccc(CN2C(=O)/C(=C3\SC(=S)N(CC(=O)OC4CCCCC4)C3=O)[C@@H]3CCCC[C@H]32)cc1. The number of fused-ring (bicyclic) bond motifs is 1. The van der Waals surface area contributed by atoms with Crippen LogP contribution in [0, 0.1) is 12.8 Å². The molecule has 0 bridgehead atoms. The van der Waals surface area contributed by atoms with E-state index in [4.69, 9.17) is 17.0 Å². The van der Waals surface area contributed by atoms with E-state index in [2.05, 4.69) is 24.3 Å². The van der Waals surface area contributed by atoms with E-state index in [0.29, 0.717) is 21.3 Å². The molecule has 2 saturated carbocycles. The van der Waals surface area contributed by atoms with E-state index in [1.54, 1.807) is 0 Å². The average molecular weight is 513 g/mol. The van der Waals surface area contributed by atoms with Crippen molar-refractivity contribution in [3.63, 3.8) is 0 Å². The Morgan fingerprint density at radius 3 is 2.43 bits per heavy atom. The summed E-state index contributed by atoms with van der Waals surface area (Å²) in [6.07, 6.45) is 8.96. The monoisotopic (exact) mass is 512 g/mol. The third-order valence-corrected chi connectivity index (χ3v) is 9.16. The number of hydrogen-bond donors (Lipinski definition) is 0. The summed E-state index contributed by atoms with van der Waals surface area (Å²) in [5, 5.41) is 0. The lowest BCUT2D eigenvalue weighted by Crippen LogP contribution is -2.36. The molecule has 0 N–H and O–H groups in total. The number of carbonyl (C=O) groups excluding carboxylic acids is 3. The molecule has 4 fully saturated rings. The number of likely N-dealkylation sites (tertiary alicyclic amines) is 1. The van der Waals surface area contributed by atoms with Crippen LogP contribution in [0.5, 0.6) is 0 Å². The van der Waals surface area contributed by atoms with E-state index in [9.17, 15) is 14.4 Å². The molecule has 5 rings (SSSR count). The summed E-state index contributed by atoms with van der Waals surface area (Å²) < 4.78 is 5.95. The predicted molar refractivity (Wildman–Crippen MR) is 139 cm³/mol. The second kappa shape index (κ2) is 10.4. The summed E-state index contributed by atoms with van der Waals surface area (Å²) in [5.74, 6) is -0.781. The lowest BCUT2D eigenvalue weighted by molar-refractivity contribution is -0.152. The van der Waals surface area contributed by atoms with Crippen LogP contribution in [0.25, 0.3) is 0 Å². The predicted octanol–water partition coefficient (Wildman–Crippen LogP) is 4.89. The number of amides is 2. The number of rotatable bonds is 5. The molecule has 186 valence electrons. The normalized spacial score (nSPS) is 27.5. The van der Waals surface area contributed by atoms with Gasteiger partial charge in [0.2, 0.25) is 0 Å². The van der Waals surface area contributed by atoms with Gasteiger partial charge in [-0.05, 0) is 51.0 Å². The van der Waals surface area contributed by atoms with Crippen molar-refractivity contribution in [1.82, 2.24) is 9.80 Å². The summed E-state index contributed by atoms with van der Waals surface area (Å²) in [4.78, 5) is 43.4. The number of benzene rings is 1. The highest BCUT2D eigenvalue weighted by Crippen LogP contribution is 2.46. The van der Waals surface area contributed by atoms with Crippen LogP contribution in [0.15, 0.2) is 34.7 Å². The van der Waals surface area contributed by atoms with Crippen molar-refractivity contribution in [2.24, 2.45) is 5.92 Å². The summed E-state index contributed by atoms with van der Waals surface area (Å²) >= 11 is 6.66. The Hall–Kier alpha value is -2.19. The first kappa shape index (κ1) is 24.5. The molecule has 0 spiro atoms. The van der Waals surface area contributed by atoms with Gasteiger partial charge in [-0.15, -0.1) is 0 Å². The van der Waals surface area contributed by atoms with Crippen LogP contribution >= 0.6 is 24.0 Å². The smallest absolute Gasteiger partial charge is 0.326 e. The molecule has 1 aromatic rings. The third-order valence-electron chi connectivity index (χ3n) is 7.70. The molecule has 2 heterocycles. The van der Waals surface area contributed by atoms with Gasteiger partial charge in [-0.3, -0.25) is 19.3 Å². The van der Waals surface area contributed by atoms with Crippen LogP contribution < -0.4 is 0 Å². The second-order valence-electron chi connectivity index (χ2n) is 10.1. The van der Waals surface area contributed by atoms with Gasteiger partial charge in [0, 0.05) is 24.1 Å². The molecular formula is C27H32N2O4S2. The van der Waals surface area contributed by atoms with Crippen LogP contribution in [0.3, 0.4) is 0 Å². The standard InChI is InChI=1S/C27H32N2O4S2/c1-17-11-13-18(14-12-17)15-28-21-10-6-5-9-20(21)23(25(28)31)24-26(32)29(27(34)35-24)16-22(30)33-19-7-3-2-4-8-19/h11-14,19-21H,2-10,15-16H2,1H3/b24-23-/t20-,21-/m1/s1. The zero-order valence-corrected chi connectivity index (χ0v) is 21.8. The highest BCUT2D eigenvalue weighted by molar-refractivity contribution is 8.26. The van der Waals surface area contributed by atoms with Gasteiger partial charge in [-0.2, -0.15) is 0 Å². The highest BCUT2D eigenvalue weighted by Gasteiger charge is 2.49. The third kappa shape index (κ3) is 5.05. The van der Waals surface area contributed by atoms with Gasteiger partial charge in [-0.25, -0.2) is 0 Å². The lowest BCUT2D eigenvalue weighted by atomic mass is 9.82. The molecule has 8 heteroatoms. The molecule has 0 radical (unpaired) electrons. The van der Waals surface area contributed by atoms with Crippen molar-refractivity contribution in [2.75, 3.05) is 6.54 Å². The van der Waals surface area contributed by atoms with Crippen LogP contribution in [-0.4, -0.2) is 50.6 Å². The topological polar surface area (TPSA) is 66.9 Å². The molecule has 0 unspecified atom stereocenters. The minimum absolute atomic E-state index is 0.0325. The summed E-state index contributed by atoms with van der Waals surface area (Å²) in [6, 6.07) is 8.36. The molecule has 2 aliphatic heterocycles. The van der Waals surface area contributed by atoms with Crippen molar-refractivity contribution >= 4 is 46.1 Å². The van der Waals surface area contributed by atoms with E-state index < -0.39 is 5.97 Å². The number of thioether (sulfide) groups is 1. The summed E-state index contributed by atoms with van der Waals surface area (Å²) in [7, 11) is 0. The Morgan fingerprint density at radius 1 is 1.00 bits per heavy atom. The minimum Gasteiger partial charge on any atom is -0.461 e. The summed E-state index contributed by atoms with van der Waals surface area (Å²) in [6.45, 7) is 2.40. The second-order valence-corrected chi connectivity index (χ2v) is 11.8. The van der Waals surface area contributed by atoms with E-state index >= 15 is 0 Å². The number of aryl methyl sites for hydroxylation is 1. The van der Waals surface area contributed by atoms with Gasteiger partial charge in [0.1, 0.15) is 17.0 Å². The zero-order chi connectivity index (χ0) is 24.5. The Bertz CT molecular complexity index is 1060. The maximum atomic E-state index is 13.7. The number of ether oxygens (including phenoxy) is 1. The fourth-order valence-electron chi connectivity index (χ4n) is 5.86. The molecule has 35 heavy (non-hydrogen) atoms. The van der Waals surface area contributed by atoms with Crippen LogP contribution in [0.4, 0.5) is 0 Å². The van der Waals surface area contributed by atoms with Gasteiger partial charge in [0.25, 0.3) is 11.8 Å². The molecule has 4 aliphatic rings. The Labute approximate surface area is 216 Å². The summed E-state index contributed by atoms with van der Waals surface area (Å²) in [5.41, 5.74) is 2.87. The van der Waals surface area contributed by atoms with Crippen molar-refractivity contribution in [1.29, 1.82) is 0 Å². The molecule has 1 aromatic carbocycles. The number of esters is 1. The van der Waals surface area contributed by atoms with Crippen LogP contribution in [0.2, 0.25) is 0 Å². The van der Waals surface area contributed by atoms with Gasteiger partial charge in [0.05, 0.1) is 4.91 Å². The first-order valence-corrected chi connectivity index (χ1v) is 14.0. The molecule has 2 amide bonds. The minimum atomic E-state index is -0.422. The highest BCUT2D eigenvalue weighted by atomic mass is 32.2. The maximum absolute atomic E-state index is 13.7. The lowest BCUT2D eigenvalue weighted by Gasteiger charge is -2.31. The molecule has 0 aromatic heterocycles. The quantitative estimate of drug-likeness (QED) is 0.318. The first-order valence-electron chi connectivity index (χ1n) is 12.8. The number of thiocarbonyl (C=S) groups is 1. The largest absolute Gasteiger partial charge is 0.461 e. The molecular weight excluding hydrogens is 480 g/mol. The number of nitrogens with zero attached hydrogens (tertiary/aromatic N) is 2. The molecule has 2 aliphatic carbocycles. The molecule has 2 saturated heterocycles. The van der Waals surface area contributed by atoms with Crippen LogP contribution in [-0.2, 0) is 25.7 Å². The van der Waals surface area contributed by atoms with E-state index in [1.807, 2.05) is 11.8 Å². The van der Waals surface area contributed by atoms with Crippen molar-refractivity contribution < 1.29 is 19.1 Å². The maximum Gasteiger partial charge on any atom is 0.326 e. The molecule has 6 nitrogen and oxygen atoms in total. The fourth-order valence-corrected chi connectivity index (χ4v) is 7.24. The fraction of sp³-hybridized carbons (Fsp3) is 0.556. The van der Waals surface area contributed by atoms with Gasteiger partial charge in [-0.1, -0.05) is 73.1 Å². The Balaban J connectivity index is 1.35.